The second-order valence-electron chi connectivity index (χ2n) is 10.00. The number of carbonyl (C=O) groups is 3. The van der Waals surface area contributed by atoms with Crippen molar-refractivity contribution >= 4 is 40.2 Å². The number of carboxylic acids is 1. The molecule has 11 heteroatoms. The fraction of sp³-hybridized carbons (Fsp3) is 0.333. The van der Waals surface area contributed by atoms with E-state index in [1.165, 1.54) is 11.1 Å². The number of carbonyl (C=O) groups excluding carboxylic acids is 2. The van der Waals surface area contributed by atoms with Crippen molar-refractivity contribution in [2.75, 3.05) is 22.9 Å². The molecule has 1 saturated carbocycles. The third-order valence-corrected chi connectivity index (χ3v) is 7.48. The topological polar surface area (TPSA) is 135 Å². The lowest BCUT2D eigenvalue weighted by Crippen LogP contribution is -2.32. The average molecular weight is 521 g/mol. The minimum absolute atomic E-state index is 0.0493. The number of rotatable bonds is 5. The van der Waals surface area contributed by atoms with E-state index in [9.17, 15) is 24.3 Å². The number of anilines is 2. The minimum atomic E-state index is -1.33. The van der Waals surface area contributed by atoms with Gasteiger partial charge in [0.05, 0.1) is 17.7 Å². The number of pyridine rings is 1. The molecule has 3 aliphatic rings. The molecular weight excluding hydrogens is 495 g/mol. The van der Waals surface area contributed by atoms with E-state index >= 15 is 4.39 Å². The molecule has 3 aromatic rings. The molecule has 3 heterocycles. The Morgan fingerprint density at radius 2 is 1.89 bits per heavy atom. The average Bonchev–Trinajstić information content (AvgIpc) is 3.67. The number of aromatic carboxylic acids is 1. The number of hydrogen-bond donors (Lipinski definition) is 2. The van der Waals surface area contributed by atoms with Crippen LogP contribution in [0.5, 0.6) is 0 Å². The lowest BCUT2D eigenvalue weighted by Gasteiger charge is -2.25. The van der Waals surface area contributed by atoms with E-state index < -0.39 is 35.3 Å². The van der Waals surface area contributed by atoms with Crippen LogP contribution in [0.2, 0.25) is 0 Å². The molecule has 2 amide bonds. The highest BCUT2D eigenvalue weighted by Crippen LogP contribution is 2.39. The fourth-order valence-electron chi connectivity index (χ4n) is 5.35. The molecule has 3 N–H and O–H groups in total. The zero-order valence-electron chi connectivity index (χ0n) is 20.4. The van der Waals surface area contributed by atoms with Crippen LogP contribution in [0.15, 0.2) is 41.3 Å². The monoisotopic (exact) mass is 520 g/mol. The van der Waals surface area contributed by atoms with Gasteiger partial charge < -0.3 is 25.0 Å². The summed E-state index contributed by atoms with van der Waals surface area (Å²) in [4.78, 5) is 51.4. The number of ether oxygens (including phenoxy) is 1. The van der Waals surface area contributed by atoms with Crippen molar-refractivity contribution in [1.29, 1.82) is 0 Å². The molecule has 0 spiro atoms. The summed E-state index contributed by atoms with van der Waals surface area (Å²) < 4.78 is 22.3. The van der Waals surface area contributed by atoms with Crippen LogP contribution in [0.25, 0.3) is 10.9 Å². The molecule has 0 bridgehead atoms. The van der Waals surface area contributed by atoms with E-state index in [1.807, 2.05) is 17.0 Å². The summed E-state index contributed by atoms with van der Waals surface area (Å²) in [6.07, 6.45) is 2.91. The van der Waals surface area contributed by atoms with Gasteiger partial charge in [-0.05, 0) is 61.1 Å². The Balaban J connectivity index is 1.35. The molecule has 2 aromatic carbocycles. The van der Waals surface area contributed by atoms with Gasteiger partial charge in [0.2, 0.25) is 5.43 Å². The van der Waals surface area contributed by atoms with Gasteiger partial charge in [-0.25, -0.2) is 14.0 Å². The van der Waals surface area contributed by atoms with Crippen molar-refractivity contribution < 1.29 is 28.6 Å². The fourth-order valence-corrected chi connectivity index (χ4v) is 5.35. The molecule has 38 heavy (non-hydrogen) atoms. The van der Waals surface area contributed by atoms with Crippen LogP contribution in [0.3, 0.4) is 0 Å². The number of fused-ring (bicyclic) bond motifs is 2. The third kappa shape index (κ3) is 4.04. The van der Waals surface area contributed by atoms with Crippen LogP contribution in [-0.4, -0.2) is 46.8 Å². The van der Waals surface area contributed by atoms with Gasteiger partial charge >= 0.3 is 12.1 Å². The lowest BCUT2D eigenvalue weighted by molar-refractivity contribution is -0.124. The van der Waals surface area contributed by atoms with E-state index in [-0.39, 0.29) is 23.5 Å². The van der Waals surface area contributed by atoms with E-state index in [0.717, 1.165) is 36.5 Å². The summed E-state index contributed by atoms with van der Waals surface area (Å²) in [6, 6.07) is 8.43. The first kappa shape index (κ1) is 24.0. The quantitative estimate of drug-likeness (QED) is 0.528. The van der Waals surface area contributed by atoms with Crippen LogP contribution in [0.1, 0.15) is 46.8 Å². The SMILES string of the molecule is NC(=O)C1CN(c2ccc3c(c2)CCCN(c2cc4c(cc2F)c(=O)c(C(=O)O)cn4C2CC2)C3)C(=O)O1. The highest BCUT2D eigenvalue weighted by atomic mass is 19.1. The Bertz CT molecular complexity index is 1580. The standard InChI is InChI=1S/C27H25FN4O6/c28-20-9-18-21(31(16-5-6-16)12-19(24(18)33)26(35)36)10-22(20)30-7-1-2-14-8-17(4-3-15(14)11-30)32-13-23(25(29)34)38-27(32)37/h3-4,8-10,12,16,23H,1-2,5-7,11,13H2,(H2,29,34)(H,35,36). The number of cyclic esters (lactones) is 1. The number of amides is 2. The molecule has 196 valence electrons. The van der Waals surface area contributed by atoms with Gasteiger partial charge in [-0.3, -0.25) is 14.5 Å². The van der Waals surface area contributed by atoms with Gasteiger partial charge in [0.25, 0.3) is 5.91 Å². The number of halogens is 1. The number of benzene rings is 2. The summed E-state index contributed by atoms with van der Waals surface area (Å²) in [5.74, 6) is -2.61. The van der Waals surface area contributed by atoms with Crippen molar-refractivity contribution in [2.45, 2.75) is 44.4 Å². The Morgan fingerprint density at radius 3 is 2.58 bits per heavy atom. The molecule has 6 rings (SSSR count). The van der Waals surface area contributed by atoms with Gasteiger partial charge in [-0.2, -0.15) is 0 Å². The highest BCUT2D eigenvalue weighted by molar-refractivity contribution is 5.95. The maximum Gasteiger partial charge on any atom is 0.415 e. The third-order valence-electron chi connectivity index (χ3n) is 7.48. The molecule has 2 fully saturated rings. The van der Waals surface area contributed by atoms with E-state index in [1.54, 1.807) is 16.7 Å². The number of aryl methyl sites for hydroxylation is 1. The van der Waals surface area contributed by atoms with E-state index in [4.69, 9.17) is 10.5 Å². The van der Waals surface area contributed by atoms with Crippen LogP contribution in [0.4, 0.5) is 20.6 Å². The van der Waals surface area contributed by atoms with Crippen molar-refractivity contribution in [2.24, 2.45) is 5.73 Å². The van der Waals surface area contributed by atoms with E-state index in [2.05, 4.69) is 0 Å². The maximum atomic E-state index is 15.5. The molecule has 2 aliphatic heterocycles. The predicted molar refractivity (Wildman–Crippen MR) is 136 cm³/mol. The molecule has 1 aromatic heterocycles. The van der Waals surface area contributed by atoms with Crippen molar-refractivity contribution in [1.82, 2.24) is 4.57 Å². The molecular formula is C27H25FN4O6. The van der Waals surface area contributed by atoms with Gasteiger partial charge in [0.1, 0.15) is 11.4 Å². The number of aromatic nitrogens is 1. The number of primary amides is 1. The summed E-state index contributed by atoms with van der Waals surface area (Å²) >= 11 is 0. The Kier molecular flexibility index (Phi) is 5.59. The molecule has 1 unspecified atom stereocenters. The van der Waals surface area contributed by atoms with Crippen LogP contribution >= 0.6 is 0 Å². The van der Waals surface area contributed by atoms with Crippen molar-refractivity contribution in [3.8, 4) is 0 Å². The minimum Gasteiger partial charge on any atom is -0.477 e. The normalized spacial score (nSPS) is 19.3. The Labute approximate surface area is 216 Å². The Hall–Kier alpha value is -4.41. The van der Waals surface area contributed by atoms with Crippen LogP contribution in [0, 0.1) is 5.82 Å². The first-order valence-corrected chi connectivity index (χ1v) is 12.5. The van der Waals surface area contributed by atoms with Crippen LogP contribution < -0.4 is 21.0 Å². The van der Waals surface area contributed by atoms with Crippen molar-refractivity contribution in [3.05, 3.63) is 69.3 Å². The summed E-state index contributed by atoms with van der Waals surface area (Å²) in [7, 11) is 0. The maximum absolute atomic E-state index is 15.5. The molecule has 1 atom stereocenters. The zero-order chi connectivity index (χ0) is 26.7. The second-order valence-corrected chi connectivity index (χ2v) is 10.00. The molecule has 10 nitrogen and oxygen atoms in total. The Morgan fingerprint density at radius 1 is 1.11 bits per heavy atom. The lowest BCUT2D eigenvalue weighted by atomic mass is 10.0. The largest absolute Gasteiger partial charge is 0.477 e. The summed E-state index contributed by atoms with van der Waals surface area (Å²) in [5, 5.41) is 9.54. The summed E-state index contributed by atoms with van der Waals surface area (Å²) in [5.41, 5.74) is 7.67. The smallest absolute Gasteiger partial charge is 0.415 e. The highest BCUT2D eigenvalue weighted by Gasteiger charge is 2.36. The first-order chi connectivity index (χ1) is 18.2. The number of carboxylic acid groups (broad SMARTS) is 1. The number of nitrogens with zero attached hydrogens (tertiary/aromatic N) is 3. The second kappa shape index (κ2) is 8.86. The molecule has 1 aliphatic carbocycles. The van der Waals surface area contributed by atoms with Gasteiger partial charge in [0, 0.05) is 36.4 Å². The molecule has 1 saturated heterocycles. The predicted octanol–water partition coefficient (Wildman–Crippen LogP) is 2.94. The van der Waals surface area contributed by atoms with Crippen molar-refractivity contribution in [3.63, 3.8) is 0 Å². The number of hydrogen-bond acceptors (Lipinski definition) is 6. The van der Waals surface area contributed by atoms with Gasteiger partial charge in [0.15, 0.2) is 6.10 Å². The number of nitrogens with two attached hydrogens (primary N) is 1. The van der Waals surface area contributed by atoms with Crippen LogP contribution in [-0.2, 0) is 22.5 Å². The van der Waals surface area contributed by atoms with Gasteiger partial charge in [-0.1, -0.05) is 6.07 Å². The van der Waals surface area contributed by atoms with Gasteiger partial charge in [-0.15, -0.1) is 0 Å². The first-order valence-electron chi connectivity index (χ1n) is 12.5. The van der Waals surface area contributed by atoms with E-state index in [0.29, 0.717) is 36.4 Å². The molecule has 0 radical (unpaired) electrons. The summed E-state index contributed by atoms with van der Waals surface area (Å²) in [6.45, 7) is 1.02. The zero-order valence-corrected chi connectivity index (χ0v) is 20.4.